The van der Waals surface area contributed by atoms with Crippen molar-refractivity contribution in [2.75, 3.05) is 12.9 Å². The largest absolute Gasteiger partial charge is 0.495 e. The van der Waals surface area contributed by atoms with E-state index in [-0.39, 0.29) is 29.2 Å². The molecule has 0 saturated heterocycles. The van der Waals surface area contributed by atoms with Crippen LogP contribution in [0.4, 0.5) is 10.1 Å². The smallest absolute Gasteiger partial charge is 0.271 e. The van der Waals surface area contributed by atoms with Crippen molar-refractivity contribution in [1.29, 1.82) is 0 Å². The van der Waals surface area contributed by atoms with E-state index in [4.69, 9.17) is 4.74 Å². The maximum absolute atomic E-state index is 13.2. The van der Waals surface area contributed by atoms with Crippen LogP contribution in [-0.4, -0.2) is 33.2 Å². The number of nitro benzene ring substituents is 1. The zero-order valence-electron chi connectivity index (χ0n) is 18.4. The summed E-state index contributed by atoms with van der Waals surface area (Å²) in [4.78, 5) is 28.0. The van der Waals surface area contributed by atoms with Crippen LogP contribution in [-0.2, 0) is 4.79 Å². The lowest BCUT2D eigenvalue weighted by atomic mass is 10.1. The second-order valence-electron chi connectivity index (χ2n) is 7.46. The van der Waals surface area contributed by atoms with Gasteiger partial charge in [0.2, 0.25) is 5.91 Å². The molecule has 1 aromatic heterocycles. The number of carbonyl (C=O) groups is 1. The minimum atomic E-state index is -0.474. The van der Waals surface area contributed by atoms with E-state index in [2.05, 4.69) is 10.3 Å². The number of carbonyl (C=O) groups excluding carboxylic acids is 1. The average Bonchev–Trinajstić information content (AvgIpc) is 3.20. The van der Waals surface area contributed by atoms with E-state index in [1.165, 1.54) is 36.0 Å². The van der Waals surface area contributed by atoms with Crippen molar-refractivity contribution < 1.29 is 18.8 Å². The number of rotatable bonds is 8. The Morgan fingerprint density at radius 2 is 1.94 bits per heavy atom. The van der Waals surface area contributed by atoms with Crippen LogP contribution in [0.25, 0.3) is 16.7 Å². The zero-order valence-corrected chi connectivity index (χ0v) is 19.2. The molecule has 3 aromatic carbocycles. The van der Waals surface area contributed by atoms with Crippen LogP contribution in [0, 0.1) is 15.9 Å². The third-order valence-electron chi connectivity index (χ3n) is 5.22. The number of nitrogens with zero attached hydrogens (tertiary/aromatic N) is 3. The molecule has 8 nitrogen and oxygen atoms in total. The van der Waals surface area contributed by atoms with Crippen LogP contribution in [0.1, 0.15) is 18.5 Å². The number of hydrogen-bond acceptors (Lipinski definition) is 6. The normalized spacial score (nSPS) is 11.9. The molecule has 0 bridgehead atoms. The quantitative estimate of drug-likeness (QED) is 0.215. The van der Waals surface area contributed by atoms with Gasteiger partial charge >= 0.3 is 0 Å². The van der Waals surface area contributed by atoms with Crippen LogP contribution in [0.2, 0.25) is 0 Å². The topological polar surface area (TPSA) is 99.3 Å². The number of ether oxygens (including phenoxy) is 1. The number of halogens is 1. The summed E-state index contributed by atoms with van der Waals surface area (Å²) >= 11 is 1.20. The van der Waals surface area contributed by atoms with Crippen LogP contribution in [0.5, 0.6) is 5.75 Å². The minimum Gasteiger partial charge on any atom is -0.495 e. The second-order valence-corrected chi connectivity index (χ2v) is 8.40. The van der Waals surface area contributed by atoms with Gasteiger partial charge in [0.25, 0.3) is 5.69 Å². The van der Waals surface area contributed by atoms with Crippen LogP contribution in [0.15, 0.2) is 71.9 Å². The fourth-order valence-corrected chi connectivity index (χ4v) is 4.38. The summed E-state index contributed by atoms with van der Waals surface area (Å²) in [6, 6.07) is 17.4. The molecule has 0 fully saturated rings. The molecule has 4 rings (SSSR count). The molecule has 0 aliphatic heterocycles. The summed E-state index contributed by atoms with van der Waals surface area (Å²) in [5, 5.41) is 14.6. The predicted molar refractivity (Wildman–Crippen MR) is 128 cm³/mol. The number of benzene rings is 3. The van der Waals surface area contributed by atoms with E-state index in [1.807, 2.05) is 29.7 Å². The average molecular weight is 481 g/mol. The number of imidazole rings is 1. The molecule has 1 N–H and O–H groups in total. The predicted octanol–water partition coefficient (Wildman–Crippen LogP) is 5.05. The number of hydrogen-bond donors (Lipinski definition) is 1. The van der Waals surface area contributed by atoms with Gasteiger partial charge in [-0.05, 0) is 42.8 Å². The molecule has 0 saturated carbocycles. The molecule has 1 amide bonds. The summed E-state index contributed by atoms with van der Waals surface area (Å²) in [7, 11) is 1.56. The first-order valence-corrected chi connectivity index (χ1v) is 11.3. The van der Waals surface area contributed by atoms with Gasteiger partial charge in [-0.15, -0.1) is 0 Å². The number of methoxy groups -OCH3 is 1. The van der Waals surface area contributed by atoms with Crippen LogP contribution < -0.4 is 10.1 Å². The van der Waals surface area contributed by atoms with Crippen molar-refractivity contribution in [3.8, 4) is 11.4 Å². The number of nitrogens with one attached hydrogen (secondary N) is 1. The van der Waals surface area contributed by atoms with E-state index in [0.717, 1.165) is 5.56 Å². The fourth-order valence-electron chi connectivity index (χ4n) is 3.55. The van der Waals surface area contributed by atoms with Crippen LogP contribution >= 0.6 is 11.8 Å². The van der Waals surface area contributed by atoms with Gasteiger partial charge in [-0.25, -0.2) is 9.37 Å². The number of fused-ring (bicyclic) bond motifs is 1. The Morgan fingerprint density at radius 1 is 1.21 bits per heavy atom. The molecule has 4 aromatic rings. The Labute approximate surface area is 198 Å². The van der Waals surface area contributed by atoms with Gasteiger partial charge in [-0.1, -0.05) is 36.0 Å². The highest BCUT2D eigenvalue weighted by molar-refractivity contribution is 7.99. The monoisotopic (exact) mass is 480 g/mol. The minimum absolute atomic E-state index is 0.0616. The van der Waals surface area contributed by atoms with E-state index >= 15 is 0 Å². The maximum Gasteiger partial charge on any atom is 0.271 e. The van der Waals surface area contributed by atoms with Crippen molar-refractivity contribution in [3.63, 3.8) is 0 Å². The molecular formula is C24H21FN4O4S. The Kier molecular flexibility index (Phi) is 6.78. The fraction of sp³-hybridized carbons (Fsp3) is 0.167. The number of non-ortho nitro benzene ring substituents is 1. The van der Waals surface area contributed by atoms with Crippen molar-refractivity contribution >= 4 is 34.4 Å². The molecule has 0 aliphatic carbocycles. The first-order valence-electron chi connectivity index (χ1n) is 10.4. The number of nitro groups is 1. The first-order chi connectivity index (χ1) is 16.4. The Hall–Kier alpha value is -3.92. The molecule has 0 radical (unpaired) electrons. The standard InChI is InChI=1S/C24H21FN4O4S/c1-15(16-7-9-17(25)10-8-16)26-23(30)14-34-24-27-19-13-18(29(31)32)11-12-20(19)28(24)21-5-3-4-6-22(21)33-2/h3-13,15H,14H2,1-2H3,(H,26,30). The third-order valence-corrected chi connectivity index (χ3v) is 6.16. The lowest BCUT2D eigenvalue weighted by molar-refractivity contribution is -0.384. The Bertz CT molecular complexity index is 1360. The summed E-state index contributed by atoms with van der Waals surface area (Å²) in [6.45, 7) is 1.82. The highest BCUT2D eigenvalue weighted by atomic mass is 32.2. The number of thioether (sulfide) groups is 1. The lowest BCUT2D eigenvalue weighted by Gasteiger charge is -2.15. The van der Waals surface area contributed by atoms with Crippen molar-refractivity contribution in [2.24, 2.45) is 0 Å². The molecule has 0 aliphatic rings. The van der Waals surface area contributed by atoms with Gasteiger partial charge in [0, 0.05) is 12.1 Å². The summed E-state index contributed by atoms with van der Waals surface area (Å²) in [6.07, 6.45) is 0. The van der Waals surface area contributed by atoms with E-state index in [1.54, 1.807) is 31.4 Å². The molecule has 174 valence electrons. The first kappa shape index (κ1) is 23.2. The van der Waals surface area contributed by atoms with Crippen molar-refractivity contribution in [3.05, 3.63) is 88.2 Å². The summed E-state index contributed by atoms with van der Waals surface area (Å²) in [5.41, 5.74) is 2.50. The molecule has 1 atom stereocenters. The van der Waals surface area contributed by atoms with Gasteiger partial charge < -0.3 is 10.1 Å². The molecule has 1 unspecified atom stereocenters. The summed E-state index contributed by atoms with van der Waals surface area (Å²) < 4.78 is 20.5. The highest BCUT2D eigenvalue weighted by Gasteiger charge is 2.20. The van der Waals surface area contributed by atoms with E-state index in [0.29, 0.717) is 27.6 Å². The van der Waals surface area contributed by atoms with Gasteiger partial charge in [0.15, 0.2) is 5.16 Å². The summed E-state index contributed by atoms with van der Waals surface area (Å²) in [5.74, 6) is 0.0858. The lowest BCUT2D eigenvalue weighted by Crippen LogP contribution is -2.28. The van der Waals surface area contributed by atoms with Crippen molar-refractivity contribution in [2.45, 2.75) is 18.1 Å². The molecule has 0 spiro atoms. The van der Waals surface area contributed by atoms with Gasteiger partial charge in [-0.2, -0.15) is 0 Å². The van der Waals surface area contributed by atoms with Crippen LogP contribution in [0.3, 0.4) is 0 Å². The van der Waals surface area contributed by atoms with E-state index in [9.17, 15) is 19.3 Å². The van der Waals surface area contributed by atoms with E-state index < -0.39 is 4.92 Å². The zero-order chi connectivity index (χ0) is 24.2. The maximum atomic E-state index is 13.2. The third kappa shape index (κ3) is 4.86. The number of aromatic nitrogens is 2. The second kappa shape index (κ2) is 9.92. The molecule has 10 heteroatoms. The molecule has 1 heterocycles. The number of amides is 1. The van der Waals surface area contributed by atoms with Crippen molar-refractivity contribution in [1.82, 2.24) is 14.9 Å². The highest BCUT2D eigenvalue weighted by Crippen LogP contribution is 2.33. The molecular weight excluding hydrogens is 459 g/mol. The molecule has 34 heavy (non-hydrogen) atoms. The SMILES string of the molecule is COc1ccccc1-n1c(SCC(=O)NC(C)c2ccc(F)cc2)nc2cc([N+](=O)[O-])ccc21. The Balaban J connectivity index is 1.62. The van der Waals surface area contributed by atoms with Gasteiger partial charge in [0.1, 0.15) is 11.6 Å². The number of para-hydroxylation sites is 2. The van der Waals surface area contributed by atoms with Gasteiger partial charge in [-0.3, -0.25) is 19.5 Å². The Morgan fingerprint density at radius 3 is 2.65 bits per heavy atom. The van der Waals surface area contributed by atoms with Gasteiger partial charge in [0.05, 0.1) is 40.5 Å².